The van der Waals surface area contributed by atoms with Crippen LogP contribution in [0.25, 0.3) is 0 Å². The lowest BCUT2D eigenvalue weighted by Crippen LogP contribution is -2.52. The van der Waals surface area contributed by atoms with Crippen molar-refractivity contribution in [2.75, 3.05) is 26.7 Å². The van der Waals surface area contributed by atoms with E-state index in [0.717, 1.165) is 4.47 Å². The average molecular weight is 423 g/mol. The number of halogens is 1. The molecule has 138 valence electrons. The summed E-state index contributed by atoms with van der Waals surface area (Å²) in [4.78, 5) is 41.6. The summed E-state index contributed by atoms with van der Waals surface area (Å²) >= 11 is 3.30. The molecule has 0 spiro atoms. The smallest absolute Gasteiger partial charge is 0.353 e. The maximum atomic E-state index is 13.2. The van der Waals surface area contributed by atoms with Gasteiger partial charge in [-0.3, -0.25) is 14.5 Å². The Hall–Kier alpha value is -2.19. The van der Waals surface area contributed by atoms with E-state index in [1.54, 1.807) is 43.1 Å². The third-order valence-electron chi connectivity index (χ3n) is 4.54. The van der Waals surface area contributed by atoms with Crippen LogP contribution >= 0.6 is 15.9 Å². The van der Waals surface area contributed by atoms with E-state index in [9.17, 15) is 19.5 Å². The molecule has 0 bridgehead atoms. The number of amides is 1. The monoisotopic (exact) mass is 422 g/mol. The van der Waals surface area contributed by atoms with Crippen molar-refractivity contribution < 1.29 is 24.2 Å². The predicted octanol–water partition coefficient (Wildman–Crippen LogP) is 1.32. The number of aliphatic hydroxyl groups is 1. The van der Waals surface area contributed by atoms with Crippen LogP contribution < -0.4 is 0 Å². The predicted molar refractivity (Wildman–Crippen MR) is 96.0 cm³/mol. The zero-order valence-electron chi connectivity index (χ0n) is 14.5. The Bertz CT molecular complexity index is 804. The van der Waals surface area contributed by atoms with E-state index >= 15 is 0 Å². The summed E-state index contributed by atoms with van der Waals surface area (Å²) in [5.41, 5.74) is -2.61. The number of carbonyl (C=O) groups excluding carboxylic acids is 3. The Kier molecular flexibility index (Phi) is 4.90. The van der Waals surface area contributed by atoms with Gasteiger partial charge in [0.25, 0.3) is 11.5 Å². The number of rotatable bonds is 4. The molecule has 1 N–H and O–H groups in total. The third-order valence-corrected chi connectivity index (χ3v) is 5.07. The minimum Gasteiger partial charge on any atom is -0.463 e. The second kappa shape index (κ2) is 6.85. The van der Waals surface area contributed by atoms with Crippen LogP contribution in [0, 0.1) is 0 Å². The Morgan fingerprint density at radius 2 is 1.92 bits per heavy atom. The molecule has 1 aromatic carbocycles. The fourth-order valence-electron chi connectivity index (χ4n) is 3.31. The number of ketones is 1. The zero-order chi connectivity index (χ0) is 19.1. The first kappa shape index (κ1) is 18.6. The van der Waals surface area contributed by atoms with E-state index in [0.29, 0.717) is 19.5 Å². The number of nitrogens with zero attached hydrogens (tertiary/aromatic N) is 2. The Morgan fingerprint density at radius 3 is 2.54 bits per heavy atom. The molecule has 0 radical (unpaired) electrons. The first-order chi connectivity index (χ1) is 12.3. The summed E-state index contributed by atoms with van der Waals surface area (Å²) in [6, 6.07) is 6.50. The van der Waals surface area contributed by atoms with Crippen molar-refractivity contribution in [1.82, 2.24) is 9.80 Å². The number of hydrogen-bond acceptors (Lipinski definition) is 6. The number of Topliss-reactive ketones (excluding diaryl/α,β-unsaturated/α-hetero) is 1. The lowest BCUT2D eigenvalue weighted by molar-refractivity contribution is -0.168. The molecule has 1 fully saturated rings. The fraction of sp³-hybridized carbons (Fsp3) is 0.389. The van der Waals surface area contributed by atoms with Crippen LogP contribution in [0.3, 0.4) is 0 Å². The molecule has 1 saturated heterocycles. The molecule has 2 aliphatic rings. The highest BCUT2D eigenvalue weighted by atomic mass is 79.9. The average Bonchev–Trinajstić information content (AvgIpc) is 2.86. The minimum atomic E-state index is -2.63. The SMILES string of the molecule is CCOC(=O)C1(O)C(=O)N2CCCN(C)C2=C1C(=O)c1ccc(Br)cc1. The second-order valence-corrected chi connectivity index (χ2v) is 7.11. The van der Waals surface area contributed by atoms with Gasteiger partial charge in [0.05, 0.1) is 12.2 Å². The van der Waals surface area contributed by atoms with Crippen LogP contribution in [0.5, 0.6) is 0 Å². The molecule has 7 nitrogen and oxygen atoms in total. The van der Waals surface area contributed by atoms with E-state index in [4.69, 9.17) is 4.74 Å². The summed E-state index contributed by atoms with van der Waals surface area (Å²) in [6.07, 6.45) is 0.671. The van der Waals surface area contributed by atoms with Gasteiger partial charge >= 0.3 is 5.97 Å². The largest absolute Gasteiger partial charge is 0.463 e. The topological polar surface area (TPSA) is 87.2 Å². The standard InChI is InChI=1S/C18H19BrN2O5/c1-3-26-17(24)18(25)13(14(22)11-5-7-12(19)8-6-11)15-20(2)9-4-10-21(15)16(18)23/h5-8,25H,3-4,9-10H2,1-2H3. The molecule has 0 aliphatic carbocycles. The molecule has 2 aliphatic heterocycles. The van der Waals surface area contributed by atoms with Crippen LogP contribution in [0.2, 0.25) is 0 Å². The number of ether oxygens (including phenoxy) is 1. The molecule has 1 amide bonds. The van der Waals surface area contributed by atoms with Crippen molar-refractivity contribution in [3.8, 4) is 0 Å². The van der Waals surface area contributed by atoms with E-state index in [-0.39, 0.29) is 23.6 Å². The highest BCUT2D eigenvalue weighted by Gasteiger charge is 2.61. The highest BCUT2D eigenvalue weighted by molar-refractivity contribution is 9.10. The van der Waals surface area contributed by atoms with Gasteiger partial charge in [0.1, 0.15) is 5.82 Å². The van der Waals surface area contributed by atoms with Crippen molar-refractivity contribution in [3.05, 3.63) is 45.7 Å². The zero-order valence-corrected chi connectivity index (χ0v) is 16.1. The maximum Gasteiger partial charge on any atom is 0.353 e. The highest BCUT2D eigenvalue weighted by Crippen LogP contribution is 2.39. The van der Waals surface area contributed by atoms with Crippen LogP contribution in [-0.4, -0.2) is 64.9 Å². The maximum absolute atomic E-state index is 13.2. The van der Waals surface area contributed by atoms with Gasteiger partial charge in [0, 0.05) is 30.2 Å². The molecule has 8 heteroatoms. The van der Waals surface area contributed by atoms with Crippen molar-refractivity contribution in [2.24, 2.45) is 0 Å². The molecule has 2 heterocycles. The Balaban J connectivity index is 2.18. The molecule has 3 rings (SSSR count). The quantitative estimate of drug-likeness (QED) is 0.447. The number of fused-ring (bicyclic) bond motifs is 1. The fourth-order valence-corrected chi connectivity index (χ4v) is 3.57. The Morgan fingerprint density at radius 1 is 1.27 bits per heavy atom. The van der Waals surface area contributed by atoms with E-state index < -0.39 is 23.3 Å². The number of carbonyl (C=O) groups is 3. The van der Waals surface area contributed by atoms with Gasteiger partial charge in [-0.1, -0.05) is 15.9 Å². The van der Waals surface area contributed by atoms with Gasteiger partial charge in [-0.25, -0.2) is 4.79 Å². The summed E-state index contributed by atoms with van der Waals surface area (Å²) in [5.74, 6) is -2.27. The molecular formula is C18H19BrN2O5. The molecule has 1 atom stereocenters. The van der Waals surface area contributed by atoms with E-state index in [1.807, 2.05) is 0 Å². The lowest BCUT2D eigenvalue weighted by Gasteiger charge is -2.34. The molecule has 0 aromatic heterocycles. The molecule has 26 heavy (non-hydrogen) atoms. The molecule has 0 saturated carbocycles. The summed E-state index contributed by atoms with van der Waals surface area (Å²) in [6.45, 7) is 2.50. The first-order valence-corrected chi connectivity index (χ1v) is 9.09. The summed E-state index contributed by atoms with van der Waals surface area (Å²) in [7, 11) is 1.72. The van der Waals surface area contributed by atoms with Gasteiger partial charge in [0.2, 0.25) is 0 Å². The molecule has 1 unspecified atom stereocenters. The van der Waals surface area contributed by atoms with Crippen LogP contribution in [0.15, 0.2) is 40.1 Å². The van der Waals surface area contributed by atoms with Crippen LogP contribution in [0.4, 0.5) is 0 Å². The minimum absolute atomic E-state index is 0.0145. The van der Waals surface area contributed by atoms with Crippen LogP contribution in [0.1, 0.15) is 23.7 Å². The van der Waals surface area contributed by atoms with Gasteiger partial charge < -0.3 is 14.7 Å². The van der Waals surface area contributed by atoms with Crippen molar-refractivity contribution in [2.45, 2.75) is 18.9 Å². The van der Waals surface area contributed by atoms with Crippen molar-refractivity contribution >= 4 is 33.6 Å². The lowest BCUT2D eigenvalue weighted by atomic mass is 9.89. The Labute approximate surface area is 159 Å². The van der Waals surface area contributed by atoms with Gasteiger partial charge in [0.15, 0.2) is 5.78 Å². The number of benzene rings is 1. The van der Waals surface area contributed by atoms with Gasteiger partial charge in [-0.05, 0) is 37.6 Å². The molecule has 1 aromatic rings. The van der Waals surface area contributed by atoms with E-state index in [2.05, 4.69) is 15.9 Å². The van der Waals surface area contributed by atoms with Gasteiger partial charge in [-0.15, -0.1) is 0 Å². The van der Waals surface area contributed by atoms with Crippen LogP contribution in [-0.2, 0) is 14.3 Å². The summed E-state index contributed by atoms with van der Waals surface area (Å²) < 4.78 is 5.71. The number of hydrogen-bond donors (Lipinski definition) is 1. The summed E-state index contributed by atoms with van der Waals surface area (Å²) in [5, 5.41) is 11.1. The molecular weight excluding hydrogens is 404 g/mol. The van der Waals surface area contributed by atoms with Crippen molar-refractivity contribution in [3.63, 3.8) is 0 Å². The van der Waals surface area contributed by atoms with Gasteiger partial charge in [-0.2, -0.15) is 0 Å². The first-order valence-electron chi connectivity index (χ1n) is 8.30. The third kappa shape index (κ3) is 2.73. The second-order valence-electron chi connectivity index (χ2n) is 6.20. The van der Waals surface area contributed by atoms with Crippen molar-refractivity contribution in [1.29, 1.82) is 0 Å². The number of esters is 1. The normalized spacial score (nSPS) is 22.5. The van der Waals surface area contributed by atoms with E-state index in [1.165, 1.54) is 4.90 Å².